The third kappa shape index (κ3) is 4.82. The topological polar surface area (TPSA) is 91.2 Å². The van der Waals surface area contributed by atoms with Gasteiger partial charge in [0.15, 0.2) is 0 Å². The molecule has 1 aliphatic carbocycles. The van der Waals surface area contributed by atoms with Gasteiger partial charge in [0.05, 0.1) is 12.8 Å². The van der Waals surface area contributed by atoms with E-state index in [2.05, 4.69) is 20.4 Å². The number of halogens is 1. The van der Waals surface area contributed by atoms with Crippen molar-refractivity contribution in [1.82, 2.24) is 25.1 Å². The smallest absolute Gasteiger partial charge is 0.278 e. The fourth-order valence-electron chi connectivity index (χ4n) is 3.72. The molecular formula is C22H24FN5O3. The number of hydrogen-bond donors (Lipinski definition) is 1. The van der Waals surface area contributed by atoms with Crippen molar-refractivity contribution in [2.75, 3.05) is 7.11 Å². The standard InChI is InChI=1S/C22H24FN5O3/c1-28-19(13-18(27-28)14-3-5-15(23)6-4-14)20(29)26-16-7-9-17(10-8-16)31-22-21(30-2)24-11-12-25-22/h3-6,11-13,16-17H,7-10H2,1-2H3,(H,26,29). The monoisotopic (exact) mass is 425 g/mol. The Labute approximate surface area is 179 Å². The Morgan fingerprint density at radius 1 is 1.10 bits per heavy atom. The molecule has 1 N–H and O–H groups in total. The molecule has 1 saturated carbocycles. The van der Waals surface area contributed by atoms with Gasteiger partial charge < -0.3 is 14.8 Å². The SMILES string of the molecule is COc1nccnc1OC1CCC(NC(=O)c2cc(-c3ccc(F)cc3)nn2C)CC1. The van der Waals surface area contributed by atoms with Crippen LogP contribution in [0.4, 0.5) is 4.39 Å². The van der Waals surface area contributed by atoms with Crippen LogP contribution in [0.15, 0.2) is 42.7 Å². The summed E-state index contributed by atoms with van der Waals surface area (Å²) in [5, 5.41) is 7.48. The van der Waals surface area contributed by atoms with E-state index in [4.69, 9.17) is 9.47 Å². The first-order valence-electron chi connectivity index (χ1n) is 10.2. The molecule has 31 heavy (non-hydrogen) atoms. The minimum Gasteiger partial charge on any atom is -0.477 e. The van der Waals surface area contributed by atoms with Crippen molar-refractivity contribution in [2.45, 2.75) is 37.8 Å². The van der Waals surface area contributed by atoms with E-state index in [-0.39, 0.29) is 23.9 Å². The Morgan fingerprint density at radius 3 is 2.45 bits per heavy atom. The van der Waals surface area contributed by atoms with Crippen LogP contribution in [-0.2, 0) is 7.05 Å². The number of ether oxygens (including phenoxy) is 2. The number of methoxy groups -OCH3 is 1. The average Bonchev–Trinajstić information content (AvgIpc) is 3.17. The molecule has 0 spiro atoms. The van der Waals surface area contributed by atoms with E-state index in [9.17, 15) is 9.18 Å². The Bertz CT molecular complexity index is 1050. The maximum atomic E-state index is 13.2. The summed E-state index contributed by atoms with van der Waals surface area (Å²) in [5.41, 5.74) is 1.85. The summed E-state index contributed by atoms with van der Waals surface area (Å²) < 4.78 is 25.8. The second-order valence-electron chi connectivity index (χ2n) is 7.48. The van der Waals surface area contributed by atoms with E-state index in [1.165, 1.54) is 19.2 Å². The molecule has 1 fully saturated rings. The number of aryl methyl sites for hydroxylation is 1. The molecule has 1 aliphatic rings. The van der Waals surface area contributed by atoms with Crippen molar-refractivity contribution < 1.29 is 18.7 Å². The van der Waals surface area contributed by atoms with Crippen LogP contribution >= 0.6 is 0 Å². The molecule has 1 amide bonds. The third-order valence-corrected chi connectivity index (χ3v) is 5.37. The molecule has 0 saturated heterocycles. The number of nitrogens with zero attached hydrogens (tertiary/aromatic N) is 4. The zero-order valence-electron chi connectivity index (χ0n) is 17.4. The van der Waals surface area contributed by atoms with Crippen molar-refractivity contribution in [1.29, 1.82) is 0 Å². The van der Waals surface area contributed by atoms with Gasteiger partial charge in [0.2, 0.25) is 0 Å². The van der Waals surface area contributed by atoms with Gasteiger partial charge in [-0.25, -0.2) is 14.4 Å². The molecule has 0 bridgehead atoms. The summed E-state index contributed by atoms with van der Waals surface area (Å²) in [6.07, 6.45) is 6.29. The first-order valence-corrected chi connectivity index (χ1v) is 10.2. The number of carbonyl (C=O) groups is 1. The summed E-state index contributed by atoms with van der Waals surface area (Å²) in [6, 6.07) is 7.82. The summed E-state index contributed by atoms with van der Waals surface area (Å²) >= 11 is 0. The van der Waals surface area contributed by atoms with E-state index in [0.29, 0.717) is 23.1 Å². The maximum absolute atomic E-state index is 13.2. The summed E-state index contributed by atoms with van der Waals surface area (Å²) in [4.78, 5) is 21.1. The molecule has 0 radical (unpaired) electrons. The van der Waals surface area contributed by atoms with Gasteiger partial charge in [-0.2, -0.15) is 5.10 Å². The zero-order valence-corrected chi connectivity index (χ0v) is 17.4. The highest BCUT2D eigenvalue weighted by molar-refractivity contribution is 5.93. The number of hydrogen-bond acceptors (Lipinski definition) is 6. The van der Waals surface area contributed by atoms with Gasteiger partial charge in [-0.15, -0.1) is 0 Å². The van der Waals surface area contributed by atoms with Crippen molar-refractivity contribution >= 4 is 5.91 Å². The quantitative estimate of drug-likeness (QED) is 0.652. The van der Waals surface area contributed by atoms with Crippen LogP contribution in [-0.4, -0.2) is 44.9 Å². The minimum atomic E-state index is -0.310. The predicted octanol–water partition coefficient (Wildman–Crippen LogP) is 3.14. The van der Waals surface area contributed by atoms with Gasteiger partial charge in [0.1, 0.15) is 17.6 Å². The second-order valence-corrected chi connectivity index (χ2v) is 7.48. The van der Waals surface area contributed by atoms with E-state index in [1.807, 2.05) is 0 Å². The van der Waals surface area contributed by atoms with Gasteiger partial charge in [-0.3, -0.25) is 9.48 Å². The normalized spacial score (nSPS) is 18.4. The Morgan fingerprint density at radius 2 is 1.77 bits per heavy atom. The summed E-state index contributed by atoms with van der Waals surface area (Å²) in [6.45, 7) is 0. The largest absolute Gasteiger partial charge is 0.477 e. The minimum absolute atomic E-state index is 0.000494. The number of amides is 1. The zero-order chi connectivity index (χ0) is 21.8. The first kappa shape index (κ1) is 20.8. The predicted molar refractivity (Wildman–Crippen MR) is 111 cm³/mol. The average molecular weight is 425 g/mol. The number of aromatic nitrogens is 4. The van der Waals surface area contributed by atoms with Crippen molar-refractivity contribution in [3.63, 3.8) is 0 Å². The summed E-state index contributed by atoms with van der Waals surface area (Å²) in [5.74, 6) is 0.269. The van der Waals surface area contributed by atoms with Crippen molar-refractivity contribution in [2.24, 2.45) is 7.05 Å². The molecule has 0 unspecified atom stereocenters. The molecule has 8 nitrogen and oxygen atoms in total. The van der Waals surface area contributed by atoms with Crippen LogP contribution in [0.3, 0.4) is 0 Å². The molecule has 162 valence electrons. The van der Waals surface area contributed by atoms with E-state index < -0.39 is 0 Å². The van der Waals surface area contributed by atoms with E-state index in [1.54, 1.807) is 42.3 Å². The van der Waals surface area contributed by atoms with Gasteiger partial charge >= 0.3 is 0 Å². The summed E-state index contributed by atoms with van der Waals surface area (Å²) in [7, 11) is 3.25. The van der Waals surface area contributed by atoms with Gasteiger partial charge in [0.25, 0.3) is 17.7 Å². The molecule has 1 aromatic carbocycles. The lowest BCUT2D eigenvalue weighted by atomic mass is 9.93. The number of benzene rings is 1. The van der Waals surface area contributed by atoms with Crippen LogP contribution in [0, 0.1) is 5.82 Å². The molecule has 2 heterocycles. The molecule has 0 aliphatic heterocycles. The van der Waals surface area contributed by atoms with Gasteiger partial charge in [-0.05, 0) is 56.0 Å². The Kier molecular flexibility index (Phi) is 6.11. The fraction of sp³-hybridized carbons (Fsp3) is 0.364. The van der Waals surface area contributed by atoms with Crippen molar-refractivity contribution in [3.8, 4) is 23.0 Å². The lowest BCUT2D eigenvalue weighted by Crippen LogP contribution is -2.40. The maximum Gasteiger partial charge on any atom is 0.278 e. The highest BCUT2D eigenvalue weighted by Gasteiger charge is 2.26. The molecule has 4 rings (SSSR count). The van der Waals surface area contributed by atoms with E-state index in [0.717, 1.165) is 31.2 Å². The van der Waals surface area contributed by atoms with Crippen LogP contribution in [0.1, 0.15) is 36.2 Å². The fourth-order valence-corrected chi connectivity index (χ4v) is 3.72. The van der Waals surface area contributed by atoms with Gasteiger partial charge in [0, 0.05) is 31.0 Å². The van der Waals surface area contributed by atoms with Gasteiger partial charge in [-0.1, -0.05) is 0 Å². The molecule has 3 aromatic rings. The molecule has 2 aromatic heterocycles. The van der Waals surface area contributed by atoms with Crippen LogP contribution in [0.25, 0.3) is 11.3 Å². The lowest BCUT2D eigenvalue weighted by molar-refractivity contribution is 0.0877. The lowest BCUT2D eigenvalue weighted by Gasteiger charge is -2.29. The number of nitrogens with one attached hydrogen (secondary N) is 1. The van der Waals surface area contributed by atoms with Crippen LogP contribution < -0.4 is 14.8 Å². The highest BCUT2D eigenvalue weighted by atomic mass is 19.1. The molecular weight excluding hydrogens is 401 g/mol. The second kappa shape index (κ2) is 9.11. The van der Waals surface area contributed by atoms with Crippen LogP contribution in [0.5, 0.6) is 11.8 Å². The number of rotatable bonds is 6. The van der Waals surface area contributed by atoms with Crippen molar-refractivity contribution in [3.05, 3.63) is 54.2 Å². The Balaban J connectivity index is 1.33. The molecule has 9 heteroatoms. The highest BCUT2D eigenvalue weighted by Crippen LogP contribution is 2.27. The number of carbonyl (C=O) groups excluding carboxylic acids is 1. The Hall–Kier alpha value is -3.49. The van der Waals surface area contributed by atoms with E-state index >= 15 is 0 Å². The van der Waals surface area contributed by atoms with Crippen LogP contribution in [0.2, 0.25) is 0 Å². The third-order valence-electron chi connectivity index (χ3n) is 5.37. The molecule has 0 atom stereocenters. The first-order chi connectivity index (χ1) is 15.0.